The Morgan fingerprint density at radius 3 is 2.64 bits per heavy atom. The van der Waals surface area contributed by atoms with Crippen molar-refractivity contribution in [2.45, 2.75) is 57.7 Å². The molecule has 1 aromatic carbocycles. The van der Waals surface area contributed by atoms with E-state index in [1.165, 1.54) is 4.90 Å². The number of fused-ring (bicyclic) bond motifs is 1. The summed E-state index contributed by atoms with van der Waals surface area (Å²) in [6.07, 6.45) is 1.78. The van der Waals surface area contributed by atoms with Crippen LogP contribution in [0.5, 0.6) is 5.75 Å². The molecule has 2 heterocycles. The molecule has 3 atom stereocenters. The molecule has 0 radical (unpaired) electrons. The van der Waals surface area contributed by atoms with Crippen molar-refractivity contribution in [1.82, 2.24) is 20.4 Å². The predicted octanol–water partition coefficient (Wildman–Crippen LogP) is 1.19. The Kier molecular flexibility index (Phi) is 9.69. The number of hydrogen-bond donors (Lipinski definition) is 2. The first-order valence-electron chi connectivity index (χ1n) is 12.6. The van der Waals surface area contributed by atoms with Gasteiger partial charge in [0.15, 0.2) is 0 Å². The molecule has 2 N–H and O–H groups in total. The van der Waals surface area contributed by atoms with E-state index in [0.717, 1.165) is 12.8 Å². The zero-order valence-corrected chi connectivity index (χ0v) is 21.6. The number of nitrogens with one attached hydrogen (secondary N) is 2. The third kappa shape index (κ3) is 6.96. The molecule has 0 aromatic heterocycles. The fourth-order valence-corrected chi connectivity index (χ4v) is 4.71. The number of amides is 4. The van der Waals surface area contributed by atoms with E-state index in [1.807, 2.05) is 13.8 Å². The Balaban J connectivity index is 1.93. The number of carbonyl (C=O) groups is 4. The van der Waals surface area contributed by atoms with Gasteiger partial charge in [-0.25, -0.2) is 0 Å². The highest BCUT2D eigenvalue weighted by Crippen LogP contribution is 2.22. The van der Waals surface area contributed by atoms with E-state index in [1.54, 1.807) is 43.3 Å². The van der Waals surface area contributed by atoms with Gasteiger partial charge in [-0.3, -0.25) is 19.2 Å². The maximum atomic E-state index is 13.6. The van der Waals surface area contributed by atoms with E-state index in [9.17, 15) is 19.2 Å². The Morgan fingerprint density at radius 2 is 1.92 bits per heavy atom. The lowest BCUT2D eigenvalue weighted by Crippen LogP contribution is -2.54. The molecule has 2 aliphatic rings. The molecule has 0 aliphatic carbocycles. The van der Waals surface area contributed by atoms with Gasteiger partial charge in [0.2, 0.25) is 17.7 Å². The third-order valence-electron chi connectivity index (χ3n) is 6.54. The Labute approximate surface area is 212 Å². The Morgan fingerprint density at radius 1 is 1.17 bits per heavy atom. The Hall–Kier alpha value is -3.14. The van der Waals surface area contributed by atoms with Gasteiger partial charge in [0.1, 0.15) is 24.4 Å². The summed E-state index contributed by atoms with van der Waals surface area (Å²) in [7, 11) is 3.24. The maximum absolute atomic E-state index is 13.6. The van der Waals surface area contributed by atoms with E-state index in [-0.39, 0.29) is 48.9 Å². The van der Waals surface area contributed by atoms with Crippen LogP contribution in [0, 0.1) is 5.92 Å². The van der Waals surface area contributed by atoms with E-state index >= 15 is 0 Å². The zero-order chi connectivity index (χ0) is 26.2. The predicted molar refractivity (Wildman–Crippen MR) is 133 cm³/mol. The average molecular weight is 503 g/mol. The van der Waals surface area contributed by atoms with Gasteiger partial charge in [0, 0.05) is 20.7 Å². The second kappa shape index (κ2) is 12.7. The van der Waals surface area contributed by atoms with Gasteiger partial charge in [-0.05, 0) is 37.3 Å². The second-order valence-corrected chi connectivity index (χ2v) is 9.87. The highest BCUT2D eigenvalue weighted by molar-refractivity contribution is 6.01. The lowest BCUT2D eigenvalue weighted by molar-refractivity contribution is -0.138. The third-order valence-corrected chi connectivity index (χ3v) is 6.54. The number of nitrogens with zero attached hydrogens (tertiary/aromatic N) is 2. The largest absolute Gasteiger partial charge is 0.491 e. The molecular formula is C26H38N4O6. The van der Waals surface area contributed by atoms with Gasteiger partial charge in [-0.2, -0.15) is 0 Å². The highest BCUT2D eigenvalue weighted by atomic mass is 16.5. The number of para-hydroxylation sites is 1. The summed E-state index contributed by atoms with van der Waals surface area (Å²) >= 11 is 0. The van der Waals surface area contributed by atoms with Crippen molar-refractivity contribution in [2.24, 2.45) is 5.92 Å². The number of likely N-dealkylation sites (tertiary alicyclic amines) is 1. The normalized spacial score (nSPS) is 24.0. The Bertz CT molecular complexity index is 952. The molecule has 1 aromatic rings. The molecule has 198 valence electrons. The van der Waals surface area contributed by atoms with Crippen molar-refractivity contribution in [1.29, 1.82) is 0 Å². The molecular weight excluding hydrogens is 464 g/mol. The van der Waals surface area contributed by atoms with Crippen LogP contribution in [-0.4, -0.2) is 92.0 Å². The number of likely N-dealkylation sites (N-methyl/N-ethyl adjacent to an activating group) is 1. The molecule has 2 aliphatic heterocycles. The molecule has 0 saturated carbocycles. The number of benzene rings is 1. The summed E-state index contributed by atoms with van der Waals surface area (Å²) in [6.45, 7) is 5.31. The van der Waals surface area contributed by atoms with Gasteiger partial charge in [0.25, 0.3) is 5.91 Å². The van der Waals surface area contributed by atoms with Crippen molar-refractivity contribution in [3.8, 4) is 5.75 Å². The van der Waals surface area contributed by atoms with Crippen LogP contribution in [0.2, 0.25) is 0 Å². The molecule has 0 bridgehead atoms. The molecule has 0 spiro atoms. The molecule has 0 unspecified atom stereocenters. The smallest absolute Gasteiger partial charge is 0.255 e. The van der Waals surface area contributed by atoms with Crippen LogP contribution in [-0.2, 0) is 19.1 Å². The zero-order valence-electron chi connectivity index (χ0n) is 21.6. The summed E-state index contributed by atoms with van der Waals surface area (Å²) < 4.78 is 11.1. The van der Waals surface area contributed by atoms with Gasteiger partial charge < -0.3 is 29.9 Å². The highest BCUT2D eigenvalue weighted by Gasteiger charge is 2.36. The standard InChI is InChI=1S/C26H38N4O6/c1-17(2)14-20-25(33)29(3)12-13-36-22-10-6-5-9-19(22)24(32)28-21(15-23(31)27-20)26(34)30-11-7-8-18(30)16-35-4/h5-6,9-10,17-18,20-21H,7-8,11-16H2,1-4H3,(H,27,31)(H,28,32)/t18-,20+,21-/m0/s1. The van der Waals surface area contributed by atoms with E-state index in [0.29, 0.717) is 25.3 Å². The number of carbonyl (C=O) groups excluding carboxylic acids is 4. The van der Waals surface area contributed by atoms with Gasteiger partial charge >= 0.3 is 0 Å². The quantitative estimate of drug-likeness (QED) is 0.625. The topological polar surface area (TPSA) is 117 Å². The van der Waals surface area contributed by atoms with Crippen LogP contribution in [0.4, 0.5) is 0 Å². The summed E-state index contributed by atoms with van der Waals surface area (Å²) in [5, 5.41) is 5.58. The molecule has 3 rings (SSSR count). The number of rotatable bonds is 5. The molecule has 10 nitrogen and oxygen atoms in total. The van der Waals surface area contributed by atoms with Crippen molar-refractivity contribution in [3.63, 3.8) is 0 Å². The lowest BCUT2D eigenvalue weighted by atomic mass is 10.0. The fourth-order valence-electron chi connectivity index (χ4n) is 4.71. The number of hydrogen-bond acceptors (Lipinski definition) is 6. The fraction of sp³-hybridized carbons (Fsp3) is 0.615. The average Bonchev–Trinajstić information content (AvgIpc) is 3.30. The van der Waals surface area contributed by atoms with Gasteiger partial charge in [-0.1, -0.05) is 26.0 Å². The number of ether oxygens (including phenoxy) is 2. The molecule has 1 saturated heterocycles. The minimum Gasteiger partial charge on any atom is -0.491 e. The lowest BCUT2D eigenvalue weighted by Gasteiger charge is -2.30. The van der Waals surface area contributed by atoms with Crippen LogP contribution in [0.1, 0.15) is 49.9 Å². The monoisotopic (exact) mass is 502 g/mol. The van der Waals surface area contributed by atoms with Crippen LogP contribution in [0.3, 0.4) is 0 Å². The molecule has 36 heavy (non-hydrogen) atoms. The molecule has 10 heteroatoms. The number of methoxy groups -OCH3 is 1. The first kappa shape index (κ1) is 27.4. The van der Waals surface area contributed by atoms with Crippen molar-refractivity contribution < 1.29 is 28.7 Å². The summed E-state index contributed by atoms with van der Waals surface area (Å²) in [4.78, 5) is 56.3. The first-order valence-corrected chi connectivity index (χ1v) is 12.6. The minimum absolute atomic E-state index is 0.116. The van der Waals surface area contributed by atoms with Crippen LogP contribution >= 0.6 is 0 Å². The minimum atomic E-state index is -1.10. The van der Waals surface area contributed by atoms with Gasteiger partial charge in [0.05, 0.1) is 31.2 Å². The first-order chi connectivity index (χ1) is 17.2. The van der Waals surface area contributed by atoms with Gasteiger partial charge in [-0.15, -0.1) is 0 Å². The summed E-state index contributed by atoms with van der Waals surface area (Å²) in [5.74, 6) is -1.03. The van der Waals surface area contributed by atoms with Crippen LogP contribution < -0.4 is 15.4 Å². The van der Waals surface area contributed by atoms with Crippen LogP contribution in [0.25, 0.3) is 0 Å². The summed E-state index contributed by atoms with van der Waals surface area (Å²) in [6, 6.07) is 4.78. The maximum Gasteiger partial charge on any atom is 0.255 e. The molecule has 1 fully saturated rings. The van der Waals surface area contributed by atoms with Crippen molar-refractivity contribution >= 4 is 23.6 Å². The van der Waals surface area contributed by atoms with E-state index in [2.05, 4.69) is 10.6 Å². The van der Waals surface area contributed by atoms with Crippen molar-refractivity contribution in [3.05, 3.63) is 29.8 Å². The summed E-state index contributed by atoms with van der Waals surface area (Å²) in [5.41, 5.74) is 0.259. The van der Waals surface area contributed by atoms with Crippen molar-refractivity contribution in [2.75, 3.05) is 40.5 Å². The van der Waals surface area contributed by atoms with Crippen LogP contribution in [0.15, 0.2) is 24.3 Å². The van der Waals surface area contributed by atoms with E-state index in [4.69, 9.17) is 9.47 Å². The SMILES string of the molecule is COC[C@@H]1CCCN1C(=O)[C@@H]1CC(=O)N[C@H](CC(C)C)C(=O)N(C)CCOc2ccccc2C(=O)N1. The molecule has 4 amide bonds. The van der Waals surface area contributed by atoms with E-state index < -0.39 is 23.9 Å². The second-order valence-electron chi connectivity index (χ2n) is 9.87.